The lowest BCUT2D eigenvalue weighted by Crippen LogP contribution is -3.18. The molecule has 1 saturated heterocycles. The summed E-state index contributed by atoms with van der Waals surface area (Å²) in [5.74, 6) is 0.104. The van der Waals surface area contributed by atoms with Gasteiger partial charge < -0.3 is 20.4 Å². The van der Waals surface area contributed by atoms with E-state index in [4.69, 9.17) is 11.6 Å². The van der Waals surface area contributed by atoms with Crippen LogP contribution in [-0.2, 0) is 9.59 Å². The Hall–Kier alpha value is -1.63. The number of nitrogens with one attached hydrogen (secondary N) is 4. The molecule has 1 aromatic carbocycles. The number of benzene rings is 1. The second-order valence-corrected chi connectivity index (χ2v) is 8.50. The van der Waals surface area contributed by atoms with E-state index in [1.807, 2.05) is 20.8 Å². The van der Waals surface area contributed by atoms with Crippen molar-refractivity contribution in [1.29, 1.82) is 0 Å². The zero-order valence-corrected chi connectivity index (χ0v) is 16.7. The van der Waals surface area contributed by atoms with Crippen molar-refractivity contribution in [3.8, 4) is 0 Å². The number of halogens is 1. The summed E-state index contributed by atoms with van der Waals surface area (Å²) in [6, 6.07) is 7.13. The van der Waals surface area contributed by atoms with Crippen LogP contribution in [0.3, 0.4) is 0 Å². The molecule has 144 valence electrons. The maximum absolute atomic E-state index is 12.3. The first-order chi connectivity index (χ1) is 12.2. The van der Waals surface area contributed by atoms with Crippen molar-refractivity contribution in [2.24, 2.45) is 0 Å². The second-order valence-electron chi connectivity index (χ2n) is 8.06. The number of amides is 2. The molecule has 1 aliphatic heterocycles. The number of quaternary nitrogens is 2. The summed E-state index contributed by atoms with van der Waals surface area (Å²) in [7, 11) is 0. The van der Waals surface area contributed by atoms with Gasteiger partial charge in [-0.3, -0.25) is 9.59 Å². The van der Waals surface area contributed by atoms with E-state index < -0.39 is 0 Å². The molecule has 0 aliphatic carbocycles. The van der Waals surface area contributed by atoms with Crippen molar-refractivity contribution in [2.75, 3.05) is 44.6 Å². The van der Waals surface area contributed by atoms with E-state index in [9.17, 15) is 9.59 Å². The summed E-state index contributed by atoms with van der Waals surface area (Å²) in [6.07, 6.45) is 1.02. The molecule has 7 heteroatoms. The van der Waals surface area contributed by atoms with Crippen LogP contribution in [0.2, 0.25) is 5.02 Å². The lowest BCUT2D eigenvalue weighted by Gasteiger charge is -2.22. The molecule has 2 atom stereocenters. The van der Waals surface area contributed by atoms with Crippen LogP contribution < -0.4 is 20.4 Å². The first-order valence-corrected chi connectivity index (χ1v) is 9.62. The van der Waals surface area contributed by atoms with Gasteiger partial charge in [-0.15, -0.1) is 0 Å². The van der Waals surface area contributed by atoms with Crippen molar-refractivity contribution in [2.45, 2.75) is 32.7 Å². The van der Waals surface area contributed by atoms with Crippen LogP contribution in [0, 0.1) is 0 Å². The molecule has 1 heterocycles. The molecule has 6 nitrogen and oxygen atoms in total. The van der Waals surface area contributed by atoms with Crippen LogP contribution in [0.15, 0.2) is 24.3 Å². The lowest BCUT2D eigenvalue weighted by molar-refractivity contribution is -0.930. The Morgan fingerprint density at radius 1 is 0.962 bits per heavy atom. The third-order valence-corrected chi connectivity index (χ3v) is 4.61. The first kappa shape index (κ1) is 20.7. The van der Waals surface area contributed by atoms with Gasteiger partial charge in [0.25, 0.3) is 11.8 Å². The van der Waals surface area contributed by atoms with Crippen molar-refractivity contribution in [3.05, 3.63) is 29.3 Å². The van der Waals surface area contributed by atoms with Gasteiger partial charge in [0, 0.05) is 22.7 Å². The molecular formula is C19H31ClN4O2+2. The van der Waals surface area contributed by atoms with E-state index >= 15 is 0 Å². The molecule has 1 aromatic rings. The Bertz CT molecular complexity index is 613. The van der Waals surface area contributed by atoms with Crippen molar-refractivity contribution in [1.82, 2.24) is 5.32 Å². The van der Waals surface area contributed by atoms with Crippen molar-refractivity contribution in [3.63, 3.8) is 0 Å². The average molecular weight is 383 g/mol. The fourth-order valence-corrected chi connectivity index (χ4v) is 3.33. The van der Waals surface area contributed by atoms with E-state index in [1.165, 1.54) is 9.80 Å². The van der Waals surface area contributed by atoms with E-state index in [0.29, 0.717) is 18.1 Å². The van der Waals surface area contributed by atoms with Crippen LogP contribution in [0.4, 0.5) is 5.69 Å². The van der Waals surface area contributed by atoms with Crippen LogP contribution in [0.1, 0.15) is 27.2 Å². The molecule has 1 aliphatic rings. The molecule has 0 spiro atoms. The minimum Gasteiger partial charge on any atom is -0.347 e. The fraction of sp³-hybridized carbons (Fsp3) is 0.579. The van der Waals surface area contributed by atoms with Crippen LogP contribution >= 0.6 is 11.6 Å². The number of hydrogen-bond donors (Lipinski definition) is 4. The Balaban J connectivity index is 1.76. The van der Waals surface area contributed by atoms with Gasteiger partial charge in [0.1, 0.15) is 13.1 Å². The quantitative estimate of drug-likeness (QED) is 0.547. The predicted molar refractivity (Wildman–Crippen MR) is 104 cm³/mol. The van der Waals surface area contributed by atoms with Gasteiger partial charge in [-0.1, -0.05) is 11.6 Å². The van der Waals surface area contributed by atoms with E-state index in [1.54, 1.807) is 24.3 Å². The van der Waals surface area contributed by atoms with Gasteiger partial charge in [0.05, 0.1) is 13.1 Å². The lowest BCUT2D eigenvalue weighted by atomic mass is 10.1. The summed E-state index contributed by atoms with van der Waals surface area (Å²) in [5, 5.41) is 6.59. The standard InChI is InChI=1S/C19H29ClN4O2/c1-19(2,3)22-18(26)14-24-10-4-9-23(11-12-24)13-17(25)21-16-7-5-15(20)6-8-16/h5-8H,4,9-14H2,1-3H3,(H,21,25)(H,22,26)/p+2. The van der Waals surface area contributed by atoms with Gasteiger partial charge in [0.2, 0.25) is 0 Å². The molecule has 0 radical (unpaired) electrons. The summed E-state index contributed by atoms with van der Waals surface area (Å²) in [4.78, 5) is 26.9. The Kier molecular flexibility index (Phi) is 7.43. The molecule has 2 amide bonds. The summed E-state index contributed by atoms with van der Waals surface area (Å²) < 4.78 is 0. The van der Waals surface area contributed by atoms with Crippen LogP contribution in [0.5, 0.6) is 0 Å². The molecule has 1 fully saturated rings. The predicted octanol–water partition coefficient (Wildman–Crippen LogP) is -0.633. The zero-order chi connectivity index (χ0) is 19.2. The zero-order valence-electron chi connectivity index (χ0n) is 16.0. The van der Waals surface area contributed by atoms with Crippen molar-refractivity contribution < 1.29 is 19.4 Å². The third kappa shape index (κ3) is 7.72. The highest BCUT2D eigenvalue weighted by molar-refractivity contribution is 6.30. The van der Waals surface area contributed by atoms with E-state index in [2.05, 4.69) is 10.6 Å². The topological polar surface area (TPSA) is 67.1 Å². The fourth-order valence-electron chi connectivity index (χ4n) is 3.20. The second kappa shape index (κ2) is 9.35. The molecule has 4 N–H and O–H groups in total. The number of hydrogen-bond acceptors (Lipinski definition) is 2. The first-order valence-electron chi connectivity index (χ1n) is 9.25. The minimum absolute atomic E-state index is 0.0104. The van der Waals surface area contributed by atoms with E-state index in [-0.39, 0.29) is 17.4 Å². The Morgan fingerprint density at radius 3 is 2.04 bits per heavy atom. The average Bonchev–Trinajstić information content (AvgIpc) is 2.73. The van der Waals surface area contributed by atoms with Gasteiger partial charge in [0.15, 0.2) is 13.1 Å². The minimum atomic E-state index is -0.195. The van der Waals surface area contributed by atoms with Gasteiger partial charge >= 0.3 is 0 Å². The Labute approximate surface area is 160 Å². The highest BCUT2D eigenvalue weighted by Crippen LogP contribution is 2.12. The van der Waals surface area contributed by atoms with Crippen LogP contribution in [0.25, 0.3) is 0 Å². The number of carbonyl (C=O) groups excluding carboxylic acids is 2. The van der Waals surface area contributed by atoms with Crippen molar-refractivity contribution >= 4 is 29.1 Å². The highest BCUT2D eigenvalue weighted by atomic mass is 35.5. The van der Waals surface area contributed by atoms with E-state index in [0.717, 1.165) is 38.3 Å². The van der Waals surface area contributed by atoms with Gasteiger partial charge in [-0.2, -0.15) is 0 Å². The smallest absolute Gasteiger partial charge is 0.279 e. The third-order valence-electron chi connectivity index (χ3n) is 4.36. The normalized spacial score (nSPS) is 20.9. The molecule has 26 heavy (non-hydrogen) atoms. The van der Waals surface area contributed by atoms with Gasteiger partial charge in [-0.25, -0.2) is 0 Å². The largest absolute Gasteiger partial charge is 0.347 e. The van der Waals surface area contributed by atoms with Gasteiger partial charge in [-0.05, 0) is 45.0 Å². The summed E-state index contributed by atoms with van der Waals surface area (Å²) >= 11 is 5.86. The van der Waals surface area contributed by atoms with Crippen LogP contribution in [-0.4, -0.2) is 56.6 Å². The Morgan fingerprint density at radius 2 is 1.50 bits per heavy atom. The maximum atomic E-state index is 12.3. The molecule has 2 unspecified atom stereocenters. The molecule has 0 bridgehead atoms. The molecule has 0 aromatic heterocycles. The molecular weight excluding hydrogens is 352 g/mol. The summed E-state index contributed by atoms with van der Waals surface area (Å²) in [5.41, 5.74) is 0.569. The maximum Gasteiger partial charge on any atom is 0.279 e. The molecule has 2 rings (SSSR count). The number of anilines is 1. The molecule has 0 saturated carbocycles. The highest BCUT2D eigenvalue weighted by Gasteiger charge is 2.25. The SMILES string of the molecule is CC(C)(C)NC(=O)C[NH+]1CCC[NH+](CC(=O)Nc2ccc(Cl)cc2)CC1. The number of rotatable bonds is 5. The number of carbonyl (C=O) groups is 2. The summed E-state index contributed by atoms with van der Waals surface area (Å²) in [6.45, 7) is 10.7. The monoisotopic (exact) mass is 382 g/mol.